The second kappa shape index (κ2) is 26.7. The number of esters is 1. The van der Waals surface area contributed by atoms with Crippen LogP contribution < -0.4 is 0 Å². The van der Waals surface area contributed by atoms with E-state index in [0.717, 1.165) is 38.5 Å². The van der Waals surface area contributed by atoms with Gasteiger partial charge in [-0.25, -0.2) is 0 Å². The molecule has 0 bridgehead atoms. The molecule has 1 unspecified atom stereocenters. The third-order valence-electron chi connectivity index (χ3n) is 10.2. The molecular formula is C37H62Cl6O12. The van der Waals surface area contributed by atoms with Crippen molar-refractivity contribution >= 4 is 75.6 Å². The van der Waals surface area contributed by atoms with Gasteiger partial charge >= 0.3 is 5.97 Å². The Balaban J connectivity index is 0.000000737. The van der Waals surface area contributed by atoms with E-state index in [-0.39, 0.29) is 0 Å². The zero-order valence-corrected chi connectivity index (χ0v) is 36.1. The highest BCUT2D eigenvalue weighted by Crippen LogP contribution is 2.40. The summed E-state index contributed by atoms with van der Waals surface area (Å²) in [5.41, 5.74) is 0. The van der Waals surface area contributed by atoms with Crippen LogP contribution in [-0.2, 0) is 23.7 Å². The van der Waals surface area contributed by atoms with Crippen LogP contribution in [0.3, 0.4) is 0 Å². The number of hydrogen-bond donors (Lipinski definition) is 7. The molecule has 3 aliphatic rings. The Hall–Kier alpha value is 0.550. The first-order valence-corrected chi connectivity index (χ1v) is 22.0. The molecule has 0 spiro atoms. The molecule has 0 aromatic heterocycles. The lowest BCUT2D eigenvalue weighted by molar-refractivity contribution is -0.384. The Labute approximate surface area is 355 Å². The number of carbonyl (C=O) groups is 1. The summed E-state index contributed by atoms with van der Waals surface area (Å²) in [6.45, 7) is 1.53. The van der Waals surface area contributed by atoms with Crippen LogP contribution in [0, 0.1) is 5.92 Å². The maximum absolute atomic E-state index is 13.0. The van der Waals surface area contributed by atoms with Crippen molar-refractivity contribution in [1.82, 2.24) is 0 Å². The molecule has 2 heterocycles. The first kappa shape index (κ1) is 51.7. The van der Waals surface area contributed by atoms with Gasteiger partial charge in [-0.15, -0.1) is 69.6 Å². The molecule has 10 atom stereocenters. The SMILES string of the molecule is CCCCCCCC/C=C\CCCCCCC(C)C(=O)O[C@H]1[C@H](O)[C@@H](CO)O[C@@]1(CO)O[C@H]1O[C@H](CO)[C@@H](O)[C@H](O)[C@H]1O.ClC1C(Cl)C(Cl)C(Cl)C(Cl)C1Cl. The van der Waals surface area contributed by atoms with Crippen molar-refractivity contribution in [3.8, 4) is 0 Å². The van der Waals surface area contributed by atoms with E-state index in [2.05, 4.69) is 19.1 Å². The maximum atomic E-state index is 13.0. The van der Waals surface area contributed by atoms with Gasteiger partial charge in [-0.3, -0.25) is 4.79 Å². The fraction of sp³-hybridized carbons (Fsp3) is 0.919. The van der Waals surface area contributed by atoms with Crippen LogP contribution in [0.5, 0.6) is 0 Å². The molecule has 1 saturated carbocycles. The van der Waals surface area contributed by atoms with Gasteiger partial charge in [0.25, 0.3) is 0 Å². The van der Waals surface area contributed by atoms with Crippen molar-refractivity contribution in [2.24, 2.45) is 5.92 Å². The van der Waals surface area contributed by atoms with E-state index < -0.39 is 119 Å². The molecule has 0 aromatic rings. The fourth-order valence-electron chi connectivity index (χ4n) is 6.53. The maximum Gasteiger partial charge on any atom is 0.309 e. The summed E-state index contributed by atoms with van der Waals surface area (Å²) < 4.78 is 22.1. The number of halogens is 6. The molecule has 12 nitrogen and oxygen atoms in total. The molecule has 324 valence electrons. The molecule has 0 radical (unpaired) electrons. The number of unbranched alkanes of at least 4 members (excludes halogenated alkanes) is 10. The topological polar surface area (TPSA) is 196 Å². The summed E-state index contributed by atoms with van der Waals surface area (Å²) in [4.78, 5) is 13.0. The minimum Gasteiger partial charge on any atom is -0.453 e. The van der Waals surface area contributed by atoms with Crippen LogP contribution >= 0.6 is 69.6 Å². The summed E-state index contributed by atoms with van der Waals surface area (Å²) in [6.07, 6.45) is 6.11. The van der Waals surface area contributed by atoms with Crippen molar-refractivity contribution in [3.05, 3.63) is 12.2 Å². The molecule has 18 heteroatoms. The Kier molecular flexibility index (Phi) is 25.1. The lowest BCUT2D eigenvalue weighted by Crippen LogP contribution is -2.63. The molecule has 3 fully saturated rings. The second-order valence-corrected chi connectivity index (χ2v) is 17.6. The standard InChI is InChI=1S/C31H56O12.C6H6Cl6/c1-3-4-5-6-7-8-9-10-11-12-13-14-15-16-17-21(2)29(39)41-28-25(36)23(19-33)42-31(28,20-34)43-30-27(38)26(37)24(35)22(18-32)40-30;7-1-2(8)4(10)6(12)5(11)3(1)9/h10-11,21-28,30,32-38H,3-9,12-20H2,1-2H3;1-6H/b11-10-;/t21?,22-,23-,24-,25-,26+,27-,28+,30-,31+;/m1./s1. The molecule has 55 heavy (non-hydrogen) atoms. The van der Waals surface area contributed by atoms with Gasteiger partial charge in [0.2, 0.25) is 5.79 Å². The van der Waals surface area contributed by atoms with E-state index in [0.29, 0.717) is 6.42 Å². The predicted octanol–water partition coefficient (Wildman–Crippen LogP) is 5.08. The summed E-state index contributed by atoms with van der Waals surface area (Å²) in [5, 5.41) is 68.0. The number of allylic oxidation sites excluding steroid dienone is 2. The lowest BCUT2D eigenvalue weighted by atomic mass is 9.97. The van der Waals surface area contributed by atoms with Crippen molar-refractivity contribution in [1.29, 1.82) is 0 Å². The normalized spacial score (nSPS) is 38.5. The minimum absolute atomic E-state index is 0.437. The van der Waals surface area contributed by atoms with Crippen LogP contribution in [0.15, 0.2) is 12.2 Å². The van der Waals surface area contributed by atoms with Gasteiger partial charge in [-0.1, -0.05) is 77.4 Å². The summed E-state index contributed by atoms with van der Waals surface area (Å²) in [5.74, 6) is -3.47. The third-order valence-corrected chi connectivity index (χ3v) is 14.2. The zero-order valence-electron chi connectivity index (χ0n) is 31.6. The molecule has 1 aliphatic carbocycles. The lowest BCUT2D eigenvalue weighted by Gasteiger charge is -2.43. The number of ether oxygens (including phenoxy) is 4. The number of alkyl halides is 6. The monoisotopic (exact) mass is 908 g/mol. The molecule has 0 amide bonds. The van der Waals surface area contributed by atoms with Gasteiger partial charge in [0.15, 0.2) is 12.4 Å². The fourth-order valence-corrected chi connectivity index (χ4v) is 8.86. The van der Waals surface area contributed by atoms with Gasteiger partial charge in [-0.05, 0) is 32.1 Å². The van der Waals surface area contributed by atoms with Crippen molar-refractivity contribution in [3.63, 3.8) is 0 Å². The van der Waals surface area contributed by atoms with E-state index in [1.807, 2.05) is 0 Å². The molecule has 2 saturated heterocycles. The van der Waals surface area contributed by atoms with E-state index in [1.54, 1.807) is 6.92 Å². The second-order valence-electron chi connectivity index (χ2n) is 14.6. The first-order valence-electron chi connectivity index (χ1n) is 19.4. The Morgan fingerprint density at radius 3 is 1.62 bits per heavy atom. The number of aliphatic hydroxyl groups excluding tert-OH is 7. The highest BCUT2D eigenvalue weighted by molar-refractivity contribution is 6.45. The average molecular weight is 912 g/mol. The average Bonchev–Trinajstić information content (AvgIpc) is 3.45. The molecule has 3 rings (SSSR count). The van der Waals surface area contributed by atoms with Crippen LogP contribution in [0.2, 0.25) is 0 Å². The van der Waals surface area contributed by atoms with Crippen LogP contribution in [0.25, 0.3) is 0 Å². The smallest absolute Gasteiger partial charge is 0.309 e. The molecule has 0 aromatic carbocycles. The van der Waals surface area contributed by atoms with E-state index in [9.17, 15) is 40.5 Å². The van der Waals surface area contributed by atoms with Gasteiger partial charge in [0.05, 0.1) is 51.4 Å². The molecule has 7 N–H and O–H groups in total. The van der Waals surface area contributed by atoms with Crippen molar-refractivity contribution in [2.45, 2.75) is 184 Å². The van der Waals surface area contributed by atoms with Gasteiger partial charge in [-0.2, -0.15) is 0 Å². The van der Waals surface area contributed by atoms with Gasteiger partial charge in [0, 0.05) is 0 Å². The predicted molar refractivity (Wildman–Crippen MR) is 214 cm³/mol. The molecular weight excluding hydrogens is 849 g/mol. The Bertz CT molecular complexity index is 1040. The first-order chi connectivity index (χ1) is 26.1. The van der Waals surface area contributed by atoms with E-state index in [1.165, 1.54) is 38.5 Å². The van der Waals surface area contributed by atoms with Crippen LogP contribution in [-0.4, -0.2) is 149 Å². The Morgan fingerprint density at radius 2 is 1.15 bits per heavy atom. The summed E-state index contributed by atoms with van der Waals surface area (Å²) >= 11 is 35.3. The van der Waals surface area contributed by atoms with Gasteiger partial charge < -0.3 is 54.7 Å². The van der Waals surface area contributed by atoms with Crippen LogP contribution in [0.1, 0.15) is 97.3 Å². The largest absolute Gasteiger partial charge is 0.453 e. The number of aliphatic hydroxyl groups is 7. The number of hydrogen-bond acceptors (Lipinski definition) is 12. The highest BCUT2D eigenvalue weighted by Gasteiger charge is 2.61. The third kappa shape index (κ3) is 15.2. The van der Waals surface area contributed by atoms with Gasteiger partial charge in [0.1, 0.15) is 43.2 Å². The van der Waals surface area contributed by atoms with Crippen LogP contribution in [0.4, 0.5) is 0 Å². The quantitative estimate of drug-likeness (QED) is 0.0350. The highest BCUT2D eigenvalue weighted by atomic mass is 35.5. The minimum atomic E-state index is -2.27. The Morgan fingerprint density at radius 1 is 0.673 bits per heavy atom. The van der Waals surface area contributed by atoms with Crippen molar-refractivity contribution in [2.75, 3.05) is 19.8 Å². The molecule has 2 aliphatic heterocycles. The zero-order chi connectivity index (χ0) is 41.3. The number of rotatable bonds is 21. The summed E-state index contributed by atoms with van der Waals surface area (Å²) in [7, 11) is 0. The number of carbonyl (C=O) groups excluding carboxylic acids is 1. The van der Waals surface area contributed by atoms with E-state index >= 15 is 0 Å². The summed E-state index contributed by atoms with van der Waals surface area (Å²) in [6, 6.07) is 0. The van der Waals surface area contributed by atoms with E-state index in [4.69, 9.17) is 88.6 Å². The van der Waals surface area contributed by atoms with Crippen molar-refractivity contribution < 1.29 is 59.5 Å².